The smallest absolute Gasteiger partial charge is 0.469 e. The predicted octanol–water partition coefficient (Wildman–Crippen LogP) is -2.37. The van der Waals surface area contributed by atoms with Crippen LogP contribution in [0.4, 0.5) is 11.9 Å². The van der Waals surface area contributed by atoms with Gasteiger partial charge in [-0.05, 0) is 0 Å². The number of aromatic hydroxyl groups is 1. The van der Waals surface area contributed by atoms with Crippen molar-refractivity contribution in [2.24, 2.45) is 0 Å². The highest BCUT2D eigenvalue weighted by molar-refractivity contribution is 7.47. The second kappa shape index (κ2) is 14.3. The van der Waals surface area contributed by atoms with Crippen molar-refractivity contribution in [1.82, 2.24) is 15.0 Å². The Kier molecular flexibility index (Phi) is 13.1. The summed E-state index contributed by atoms with van der Waals surface area (Å²) in [5, 5.41) is 9.97. The van der Waals surface area contributed by atoms with E-state index in [0.717, 1.165) is 9.80 Å². The van der Waals surface area contributed by atoms with Gasteiger partial charge >= 0.3 is 37.3 Å². The fourth-order valence-electron chi connectivity index (χ4n) is 2.33. The molecule has 1 aromatic heterocycles. The first-order chi connectivity index (χ1) is 16.7. The van der Waals surface area contributed by atoms with Crippen molar-refractivity contribution in [2.75, 3.05) is 62.4 Å². The van der Waals surface area contributed by atoms with Crippen LogP contribution in [0.2, 0.25) is 0 Å². The van der Waals surface area contributed by atoms with Crippen LogP contribution in [-0.2, 0) is 36.4 Å². The van der Waals surface area contributed by atoms with Crippen LogP contribution >= 0.6 is 31.3 Å². The van der Waals surface area contributed by atoms with Crippen molar-refractivity contribution in [1.29, 1.82) is 0 Å². The maximum Gasteiger partial charge on any atom is 0.469 e. The zero-order valence-corrected chi connectivity index (χ0v) is 22.1. The largest absolute Gasteiger partial charge is 0.479 e. The van der Waals surface area contributed by atoms with Crippen LogP contribution in [0, 0.1) is 0 Å². The Labute approximate surface area is 207 Å². The molecule has 0 amide bonds. The van der Waals surface area contributed by atoms with Gasteiger partial charge in [0.1, 0.15) is 0 Å². The average molecular weight is 623 g/mol. The molecule has 0 aliphatic rings. The molecule has 0 unspecified atom stereocenters. The van der Waals surface area contributed by atoms with E-state index < -0.39 is 102 Å². The molecular weight excluding hydrogens is 598 g/mol. The van der Waals surface area contributed by atoms with Crippen molar-refractivity contribution in [3.05, 3.63) is 0 Å². The third-order valence-corrected chi connectivity index (χ3v) is 5.72. The first kappa shape index (κ1) is 33.9. The summed E-state index contributed by atoms with van der Waals surface area (Å²) in [7, 11) is -19.6. The molecule has 1 heterocycles. The maximum atomic E-state index is 10.9. The van der Waals surface area contributed by atoms with Gasteiger partial charge < -0.3 is 54.1 Å². The lowest BCUT2D eigenvalue weighted by Gasteiger charge is -2.26. The van der Waals surface area contributed by atoms with Gasteiger partial charge in [0.25, 0.3) is 0 Å². The van der Waals surface area contributed by atoms with Crippen molar-refractivity contribution < 1.29 is 80.6 Å². The van der Waals surface area contributed by atoms with E-state index in [1.807, 2.05) is 0 Å². The summed E-state index contributed by atoms with van der Waals surface area (Å²) in [6, 6.07) is -0.950. The topological polar surface area (TPSA) is 332 Å². The Morgan fingerprint density at radius 2 is 0.757 bits per heavy atom. The zero-order valence-electron chi connectivity index (χ0n) is 18.5. The Hall–Kier alpha value is -1.15. The molecule has 0 fully saturated rings. The molecule has 0 radical (unpaired) electrons. The van der Waals surface area contributed by atoms with Crippen LogP contribution in [-0.4, -0.2) is 112 Å². The third kappa shape index (κ3) is 17.1. The lowest BCUT2D eigenvalue weighted by molar-refractivity contribution is 0.190. The molecule has 37 heavy (non-hydrogen) atoms. The molecule has 0 aliphatic heterocycles. The molecule has 0 saturated heterocycles. The first-order valence-corrected chi connectivity index (χ1v) is 15.6. The van der Waals surface area contributed by atoms with Crippen LogP contribution in [0.25, 0.3) is 0 Å². The van der Waals surface area contributed by atoms with E-state index in [1.165, 1.54) is 0 Å². The molecule has 26 heteroatoms. The summed E-state index contributed by atoms with van der Waals surface area (Å²) in [6.45, 7) is -4.28. The molecule has 0 spiro atoms. The predicted molar refractivity (Wildman–Crippen MR) is 118 cm³/mol. The fraction of sp³-hybridized carbons (Fsp3) is 0.727. The van der Waals surface area contributed by atoms with E-state index in [9.17, 15) is 23.4 Å². The monoisotopic (exact) mass is 623 g/mol. The number of hydrogen-bond donors (Lipinski definition) is 9. The SMILES string of the molecule is O=P(O)(O)OCCN(CCOP(=O)(O)O)c1nc(O)nc(N(CCOP(=O)(O)O)CCOP(=O)(O)O)n1. The average Bonchev–Trinajstić information content (AvgIpc) is 2.67. The Balaban J connectivity index is 3.21. The highest BCUT2D eigenvalue weighted by Gasteiger charge is 2.23. The van der Waals surface area contributed by atoms with E-state index in [1.54, 1.807) is 0 Å². The van der Waals surface area contributed by atoms with Gasteiger partial charge in [-0.15, -0.1) is 0 Å². The minimum atomic E-state index is -4.90. The molecule has 1 aromatic rings. The summed E-state index contributed by atoms with van der Waals surface area (Å²) in [5.74, 6) is -0.883. The highest BCUT2D eigenvalue weighted by atomic mass is 31.2. The second-order valence-corrected chi connectivity index (χ2v) is 11.5. The van der Waals surface area contributed by atoms with E-state index in [2.05, 4.69) is 33.0 Å². The van der Waals surface area contributed by atoms with E-state index >= 15 is 0 Å². The van der Waals surface area contributed by atoms with Gasteiger partial charge in [0.15, 0.2) is 0 Å². The van der Waals surface area contributed by atoms with Crippen LogP contribution < -0.4 is 9.80 Å². The minimum absolute atomic E-state index is 0.416. The van der Waals surface area contributed by atoms with Gasteiger partial charge in [-0.1, -0.05) is 0 Å². The minimum Gasteiger partial charge on any atom is -0.479 e. The van der Waals surface area contributed by atoms with Crippen molar-refractivity contribution in [2.45, 2.75) is 0 Å². The van der Waals surface area contributed by atoms with Crippen LogP contribution in [0.3, 0.4) is 0 Å². The lowest BCUT2D eigenvalue weighted by Crippen LogP contribution is -2.35. The summed E-state index contributed by atoms with van der Waals surface area (Å²) >= 11 is 0. The number of nitrogens with zero attached hydrogens (tertiary/aromatic N) is 5. The number of anilines is 2. The second-order valence-electron chi connectivity index (χ2n) is 6.50. The lowest BCUT2D eigenvalue weighted by atomic mass is 10.5. The van der Waals surface area contributed by atoms with Crippen molar-refractivity contribution in [3.8, 4) is 6.01 Å². The number of phosphoric acid groups is 4. The van der Waals surface area contributed by atoms with Crippen LogP contribution in [0.5, 0.6) is 6.01 Å². The summed E-state index contributed by atoms with van der Waals surface area (Å²) in [6.07, 6.45) is 0. The van der Waals surface area contributed by atoms with Gasteiger partial charge in [0.05, 0.1) is 26.4 Å². The molecular formula is C11H25N5O17P4. The molecule has 0 aromatic carbocycles. The summed E-state index contributed by atoms with van der Waals surface area (Å²) < 4.78 is 61.0. The van der Waals surface area contributed by atoms with Gasteiger partial charge in [-0.2, -0.15) is 15.0 Å². The van der Waals surface area contributed by atoms with Crippen molar-refractivity contribution >= 4 is 43.2 Å². The molecule has 0 bridgehead atoms. The van der Waals surface area contributed by atoms with E-state index in [4.69, 9.17) is 39.1 Å². The Morgan fingerprint density at radius 3 is 0.973 bits per heavy atom. The zero-order chi connectivity index (χ0) is 28.5. The van der Waals surface area contributed by atoms with Gasteiger partial charge in [0.2, 0.25) is 11.9 Å². The number of rotatable bonds is 18. The molecule has 216 valence electrons. The highest BCUT2D eigenvalue weighted by Crippen LogP contribution is 2.37. The standard InChI is InChI=1S/C11H25N5O17P4/c17-11-13-9(15(1-5-30-34(18,19)20)2-6-31-35(21,22)23)12-10(14-11)16(3-7-32-36(24,25)26)4-8-33-37(27,28)29/h1-8H2,(H2,18,19,20)(H2,21,22,23)(H2,24,25,26)(H2,27,28,29)(H,12,13,14,17). The molecule has 0 saturated carbocycles. The normalized spacial score (nSPS) is 13.1. The fourth-order valence-corrected chi connectivity index (χ4v) is 3.61. The quantitative estimate of drug-likeness (QED) is 0.0771. The third-order valence-electron chi connectivity index (χ3n) is 3.65. The Morgan fingerprint density at radius 1 is 0.514 bits per heavy atom. The summed E-state index contributed by atoms with van der Waals surface area (Å²) in [4.78, 5) is 84.0. The molecule has 9 N–H and O–H groups in total. The van der Waals surface area contributed by atoms with Gasteiger partial charge in [0, 0.05) is 26.2 Å². The van der Waals surface area contributed by atoms with Gasteiger partial charge in [-0.3, -0.25) is 18.1 Å². The van der Waals surface area contributed by atoms with Gasteiger partial charge in [-0.25, -0.2) is 18.3 Å². The van der Waals surface area contributed by atoms with Crippen molar-refractivity contribution in [3.63, 3.8) is 0 Å². The maximum absolute atomic E-state index is 10.9. The summed E-state index contributed by atoms with van der Waals surface area (Å²) in [5.41, 5.74) is 0. The van der Waals surface area contributed by atoms with E-state index in [0.29, 0.717) is 0 Å². The molecule has 0 aliphatic carbocycles. The number of phosphoric ester groups is 4. The van der Waals surface area contributed by atoms with Crippen LogP contribution in [0.1, 0.15) is 0 Å². The van der Waals surface area contributed by atoms with E-state index in [-0.39, 0.29) is 0 Å². The molecule has 22 nitrogen and oxygen atoms in total. The molecule has 1 rings (SSSR count). The molecule has 0 atom stereocenters. The number of hydrogen-bond acceptors (Lipinski definition) is 14. The number of aromatic nitrogens is 3. The first-order valence-electron chi connectivity index (χ1n) is 9.49. The Bertz CT molecular complexity index is 920. The van der Waals surface area contributed by atoms with Crippen LogP contribution in [0.15, 0.2) is 0 Å².